The number of aldehydes is 1. The quantitative estimate of drug-likeness (QED) is 0.770. The summed E-state index contributed by atoms with van der Waals surface area (Å²) in [6.45, 7) is 1.91. The Kier molecular flexibility index (Phi) is 4.42. The van der Waals surface area contributed by atoms with Gasteiger partial charge in [-0.1, -0.05) is 6.92 Å². The molecule has 2 N–H and O–H groups in total. The van der Waals surface area contributed by atoms with Gasteiger partial charge in [-0.2, -0.15) is 0 Å². The van der Waals surface area contributed by atoms with Crippen molar-refractivity contribution in [3.8, 4) is 11.5 Å². The summed E-state index contributed by atoms with van der Waals surface area (Å²) < 4.78 is 10.9. The van der Waals surface area contributed by atoms with E-state index in [1.807, 2.05) is 6.92 Å². The second kappa shape index (κ2) is 6.25. The zero-order valence-corrected chi connectivity index (χ0v) is 11.6. The number of fused-ring (bicyclic) bond motifs is 1. The van der Waals surface area contributed by atoms with Crippen molar-refractivity contribution in [2.45, 2.75) is 13.3 Å². The van der Waals surface area contributed by atoms with Gasteiger partial charge in [-0.25, -0.2) is 0 Å². The SMILES string of the molecule is CCCOc1cc(C=O)cc2c1OCC(=O)N2CC(N)=O. The van der Waals surface area contributed by atoms with Gasteiger partial charge in [0.05, 0.1) is 12.3 Å². The fourth-order valence-corrected chi connectivity index (χ4v) is 2.02. The minimum absolute atomic E-state index is 0.205. The molecule has 7 nitrogen and oxygen atoms in total. The molecule has 0 saturated carbocycles. The van der Waals surface area contributed by atoms with Crippen molar-refractivity contribution in [2.75, 3.05) is 24.7 Å². The Morgan fingerprint density at radius 3 is 2.90 bits per heavy atom. The average molecular weight is 292 g/mol. The molecule has 0 spiro atoms. The lowest BCUT2D eigenvalue weighted by Crippen LogP contribution is -2.43. The van der Waals surface area contributed by atoms with Crippen LogP contribution in [0.3, 0.4) is 0 Å². The zero-order chi connectivity index (χ0) is 15.4. The van der Waals surface area contributed by atoms with E-state index in [1.165, 1.54) is 11.0 Å². The van der Waals surface area contributed by atoms with E-state index in [-0.39, 0.29) is 13.2 Å². The molecule has 0 aromatic heterocycles. The number of primary amides is 1. The fraction of sp³-hybridized carbons (Fsp3) is 0.357. The molecule has 0 saturated heterocycles. The number of rotatable bonds is 6. The topological polar surface area (TPSA) is 98.9 Å². The van der Waals surface area contributed by atoms with Crippen LogP contribution in [0.1, 0.15) is 23.7 Å². The average Bonchev–Trinajstić information content (AvgIpc) is 2.47. The highest BCUT2D eigenvalue weighted by Crippen LogP contribution is 2.41. The zero-order valence-electron chi connectivity index (χ0n) is 11.6. The molecule has 21 heavy (non-hydrogen) atoms. The Morgan fingerprint density at radius 2 is 2.29 bits per heavy atom. The van der Waals surface area contributed by atoms with Gasteiger partial charge in [-0.3, -0.25) is 19.3 Å². The summed E-state index contributed by atoms with van der Waals surface area (Å²) in [6, 6.07) is 3.01. The summed E-state index contributed by atoms with van der Waals surface area (Å²) in [6.07, 6.45) is 1.42. The lowest BCUT2D eigenvalue weighted by atomic mass is 10.1. The van der Waals surface area contributed by atoms with Crippen LogP contribution in [0.5, 0.6) is 11.5 Å². The molecule has 0 atom stereocenters. The monoisotopic (exact) mass is 292 g/mol. The first-order valence-corrected chi connectivity index (χ1v) is 6.54. The molecular formula is C14H16N2O5. The summed E-state index contributed by atoms with van der Waals surface area (Å²) in [5.41, 5.74) is 5.80. The standard InChI is InChI=1S/C14H16N2O5/c1-2-3-20-11-5-9(7-17)4-10-14(11)21-8-13(19)16(10)6-12(15)18/h4-5,7H,2-3,6,8H2,1H3,(H2,15,18). The van der Waals surface area contributed by atoms with Crippen LogP contribution in [-0.4, -0.2) is 37.9 Å². The molecule has 1 aliphatic rings. The number of nitrogens with two attached hydrogens (primary N) is 1. The maximum absolute atomic E-state index is 11.9. The molecular weight excluding hydrogens is 276 g/mol. The molecule has 0 fully saturated rings. The Hall–Kier alpha value is -2.57. The number of hydrogen-bond acceptors (Lipinski definition) is 5. The molecule has 112 valence electrons. The van der Waals surface area contributed by atoms with Gasteiger partial charge in [0, 0.05) is 5.56 Å². The Labute approximate surface area is 121 Å². The van der Waals surface area contributed by atoms with Crippen LogP contribution in [0.2, 0.25) is 0 Å². The van der Waals surface area contributed by atoms with Crippen LogP contribution in [0.25, 0.3) is 0 Å². The summed E-state index contributed by atoms with van der Waals surface area (Å²) in [7, 11) is 0. The van der Waals surface area contributed by atoms with Crippen molar-refractivity contribution in [1.29, 1.82) is 0 Å². The van der Waals surface area contributed by atoms with Crippen molar-refractivity contribution in [3.63, 3.8) is 0 Å². The van der Waals surface area contributed by atoms with Gasteiger partial charge < -0.3 is 15.2 Å². The van der Waals surface area contributed by atoms with Gasteiger partial charge >= 0.3 is 0 Å². The number of hydrogen-bond donors (Lipinski definition) is 1. The number of benzene rings is 1. The van der Waals surface area contributed by atoms with E-state index in [0.717, 1.165) is 6.42 Å². The van der Waals surface area contributed by atoms with Crippen LogP contribution in [0, 0.1) is 0 Å². The predicted octanol–water partition coefficient (Wildman–Crippen LogP) is 0.499. The highest BCUT2D eigenvalue weighted by atomic mass is 16.5. The van der Waals surface area contributed by atoms with Crippen LogP contribution >= 0.6 is 0 Å². The second-order valence-corrected chi connectivity index (χ2v) is 4.57. The van der Waals surface area contributed by atoms with Gasteiger partial charge in [0.1, 0.15) is 12.8 Å². The second-order valence-electron chi connectivity index (χ2n) is 4.57. The van der Waals surface area contributed by atoms with Crippen molar-refractivity contribution in [2.24, 2.45) is 5.73 Å². The molecule has 1 aromatic carbocycles. The summed E-state index contributed by atoms with van der Waals surface area (Å²) in [5, 5.41) is 0. The van der Waals surface area contributed by atoms with Gasteiger partial charge in [-0.15, -0.1) is 0 Å². The summed E-state index contributed by atoms with van der Waals surface area (Å²) >= 11 is 0. The van der Waals surface area contributed by atoms with E-state index in [0.29, 0.717) is 35.6 Å². The molecule has 0 unspecified atom stereocenters. The van der Waals surface area contributed by atoms with Crippen molar-refractivity contribution in [1.82, 2.24) is 0 Å². The van der Waals surface area contributed by atoms with Crippen molar-refractivity contribution >= 4 is 23.8 Å². The van der Waals surface area contributed by atoms with E-state index < -0.39 is 11.8 Å². The van der Waals surface area contributed by atoms with Gasteiger partial charge in [-0.05, 0) is 18.6 Å². The number of carbonyl (C=O) groups excluding carboxylic acids is 3. The highest BCUT2D eigenvalue weighted by Gasteiger charge is 2.30. The van der Waals surface area contributed by atoms with Crippen LogP contribution in [0.15, 0.2) is 12.1 Å². The van der Waals surface area contributed by atoms with E-state index in [4.69, 9.17) is 15.2 Å². The molecule has 0 aliphatic carbocycles. The number of amides is 2. The number of anilines is 1. The van der Waals surface area contributed by atoms with E-state index in [1.54, 1.807) is 6.07 Å². The van der Waals surface area contributed by atoms with E-state index >= 15 is 0 Å². The molecule has 2 rings (SSSR count). The van der Waals surface area contributed by atoms with Gasteiger partial charge in [0.2, 0.25) is 5.91 Å². The smallest absolute Gasteiger partial charge is 0.265 e. The van der Waals surface area contributed by atoms with Crippen molar-refractivity contribution in [3.05, 3.63) is 17.7 Å². The maximum Gasteiger partial charge on any atom is 0.265 e. The Morgan fingerprint density at radius 1 is 1.52 bits per heavy atom. The third kappa shape index (κ3) is 3.13. The minimum Gasteiger partial charge on any atom is -0.490 e. The number of ether oxygens (including phenoxy) is 2. The number of nitrogens with zero attached hydrogens (tertiary/aromatic N) is 1. The summed E-state index contributed by atoms with van der Waals surface area (Å²) in [4.78, 5) is 35.2. The molecule has 2 amide bonds. The molecule has 7 heteroatoms. The molecule has 0 bridgehead atoms. The summed E-state index contributed by atoms with van der Waals surface area (Å²) in [5.74, 6) is -0.331. The first kappa shape index (κ1) is 14.8. The normalized spacial score (nSPS) is 13.4. The molecule has 1 heterocycles. The predicted molar refractivity (Wildman–Crippen MR) is 74.7 cm³/mol. The van der Waals surface area contributed by atoms with E-state index in [2.05, 4.69) is 0 Å². The third-order valence-corrected chi connectivity index (χ3v) is 2.90. The minimum atomic E-state index is -0.649. The maximum atomic E-state index is 11.9. The molecule has 0 radical (unpaired) electrons. The lowest BCUT2D eigenvalue weighted by Gasteiger charge is -2.29. The van der Waals surface area contributed by atoms with Gasteiger partial charge in [0.15, 0.2) is 18.1 Å². The fourth-order valence-electron chi connectivity index (χ4n) is 2.02. The van der Waals surface area contributed by atoms with Crippen LogP contribution < -0.4 is 20.1 Å². The van der Waals surface area contributed by atoms with Gasteiger partial charge in [0.25, 0.3) is 5.91 Å². The van der Waals surface area contributed by atoms with E-state index in [9.17, 15) is 14.4 Å². The van der Waals surface area contributed by atoms with Crippen LogP contribution in [0.4, 0.5) is 5.69 Å². The lowest BCUT2D eigenvalue weighted by molar-refractivity contribution is -0.124. The Bertz CT molecular complexity index is 585. The first-order chi connectivity index (χ1) is 10.1. The molecule has 1 aromatic rings. The first-order valence-electron chi connectivity index (χ1n) is 6.54. The highest BCUT2D eigenvalue weighted by molar-refractivity contribution is 6.03. The largest absolute Gasteiger partial charge is 0.490 e. The van der Waals surface area contributed by atoms with Crippen LogP contribution in [-0.2, 0) is 9.59 Å². The number of carbonyl (C=O) groups is 3. The molecule has 1 aliphatic heterocycles. The third-order valence-electron chi connectivity index (χ3n) is 2.90. The van der Waals surface area contributed by atoms with Crippen molar-refractivity contribution < 1.29 is 23.9 Å². The Balaban J connectivity index is 2.48.